The van der Waals surface area contributed by atoms with E-state index >= 15 is 0 Å². The summed E-state index contributed by atoms with van der Waals surface area (Å²) in [4.78, 5) is 42.5. The smallest absolute Gasteiger partial charge is 0.267 e. The van der Waals surface area contributed by atoms with Gasteiger partial charge in [0.2, 0.25) is 5.91 Å². The first-order valence-electron chi connectivity index (χ1n) is 10.1. The van der Waals surface area contributed by atoms with E-state index in [0.29, 0.717) is 45.7 Å². The number of amides is 3. The highest BCUT2D eigenvalue weighted by molar-refractivity contribution is 9.10. The van der Waals surface area contributed by atoms with Gasteiger partial charge in [-0.05, 0) is 30.7 Å². The minimum Gasteiger partial charge on any atom is -0.385 e. The number of halogens is 1. The SMILES string of the molecule is COCCCN1C(=O)/C(=C2/C(=O)N(CC(=O)Nc3cccc(Br)c3)c3ccccc32)SC1=S. The number of carbonyl (C=O) groups excluding carboxylic acids is 3. The molecule has 2 aliphatic rings. The third kappa shape index (κ3) is 4.89. The number of ether oxygens (including phenoxy) is 1. The molecule has 10 heteroatoms. The second kappa shape index (κ2) is 10.2. The van der Waals surface area contributed by atoms with Gasteiger partial charge < -0.3 is 10.1 Å². The monoisotopic (exact) mass is 545 g/mol. The van der Waals surface area contributed by atoms with Crippen LogP contribution in [0.5, 0.6) is 0 Å². The van der Waals surface area contributed by atoms with E-state index < -0.39 is 5.91 Å². The molecule has 0 unspecified atom stereocenters. The number of carbonyl (C=O) groups is 3. The zero-order chi connectivity index (χ0) is 23.5. The van der Waals surface area contributed by atoms with Crippen LogP contribution >= 0.6 is 39.9 Å². The summed E-state index contributed by atoms with van der Waals surface area (Å²) in [6, 6.07) is 14.4. The molecule has 0 aliphatic carbocycles. The maximum Gasteiger partial charge on any atom is 0.267 e. The third-order valence-corrected chi connectivity index (χ3v) is 7.08. The van der Waals surface area contributed by atoms with Crippen molar-refractivity contribution in [3.8, 4) is 0 Å². The van der Waals surface area contributed by atoms with E-state index in [4.69, 9.17) is 17.0 Å². The van der Waals surface area contributed by atoms with Crippen molar-refractivity contribution in [2.45, 2.75) is 6.42 Å². The molecule has 0 saturated carbocycles. The lowest BCUT2D eigenvalue weighted by molar-refractivity contribution is -0.122. The van der Waals surface area contributed by atoms with Gasteiger partial charge in [-0.1, -0.05) is 64.2 Å². The number of methoxy groups -OCH3 is 1. The van der Waals surface area contributed by atoms with Crippen molar-refractivity contribution >= 4 is 78.9 Å². The summed E-state index contributed by atoms with van der Waals surface area (Å²) in [6.45, 7) is 0.746. The lowest BCUT2D eigenvalue weighted by Gasteiger charge is -2.17. The Labute approximate surface area is 209 Å². The largest absolute Gasteiger partial charge is 0.385 e. The van der Waals surface area contributed by atoms with Crippen molar-refractivity contribution < 1.29 is 19.1 Å². The van der Waals surface area contributed by atoms with Crippen LogP contribution in [0, 0.1) is 0 Å². The van der Waals surface area contributed by atoms with Gasteiger partial charge in [0.25, 0.3) is 11.8 Å². The standard InChI is InChI=1S/C23H20BrN3O4S2/c1-31-11-5-10-26-22(30)20(33-23(26)32)19-16-8-2-3-9-17(16)27(21(19)29)13-18(28)25-15-7-4-6-14(24)12-15/h2-4,6-9,12H,5,10-11,13H2,1H3,(H,25,28)/b20-19-. The Balaban J connectivity index is 1.60. The van der Waals surface area contributed by atoms with Gasteiger partial charge in [0.1, 0.15) is 10.9 Å². The molecule has 0 aromatic heterocycles. The first kappa shape index (κ1) is 23.6. The number of thiocarbonyl (C=S) groups is 1. The van der Waals surface area contributed by atoms with Crippen LogP contribution in [0.2, 0.25) is 0 Å². The van der Waals surface area contributed by atoms with Gasteiger partial charge in [-0.2, -0.15) is 0 Å². The van der Waals surface area contributed by atoms with E-state index in [1.165, 1.54) is 9.80 Å². The molecule has 4 rings (SSSR count). The molecular weight excluding hydrogens is 526 g/mol. The molecule has 3 amide bonds. The summed E-state index contributed by atoms with van der Waals surface area (Å²) in [5.74, 6) is -1.03. The average Bonchev–Trinajstić information content (AvgIpc) is 3.21. The lowest BCUT2D eigenvalue weighted by Crippen LogP contribution is -2.35. The number of hydrogen-bond acceptors (Lipinski definition) is 6. The summed E-state index contributed by atoms with van der Waals surface area (Å²) in [5.41, 5.74) is 2.11. The van der Waals surface area contributed by atoms with Crippen LogP contribution in [0.1, 0.15) is 12.0 Å². The summed E-state index contributed by atoms with van der Waals surface area (Å²) >= 11 is 9.90. The molecule has 0 radical (unpaired) electrons. The van der Waals surface area contributed by atoms with Crippen molar-refractivity contribution in [3.63, 3.8) is 0 Å². The number of nitrogens with one attached hydrogen (secondary N) is 1. The first-order chi connectivity index (χ1) is 15.9. The Hall–Kier alpha value is -2.53. The maximum absolute atomic E-state index is 13.4. The number of nitrogens with zero attached hydrogens (tertiary/aromatic N) is 2. The van der Waals surface area contributed by atoms with Crippen molar-refractivity contribution in [1.29, 1.82) is 0 Å². The molecule has 7 nitrogen and oxygen atoms in total. The molecule has 2 aromatic carbocycles. The number of anilines is 2. The molecule has 1 N–H and O–H groups in total. The van der Waals surface area contributed by atoms with E-state index in [0.717, 1.165) is 16.2 Å². The minimum absolute atomic E-state index is 0.181. The Morgan fingerprint density at radius 3 is 2.67 bits per heavy atom. The fourth-order valence-corrected chi connectivity index (χ4v) is 5.46. The topological polar surface area (TPSA) is 79.0 Å². The zero-order valence-electron chi connectivity index (χ0n) is 17.7. The van der Waals surface area contributed by atoms with Gasteiger partial charge in [-0.15, -0.1) is 0 Å². The molecule has 1 fully saturated rings. The molecule has 33 heavy (non-hydrogen) atoms. The molecule has 2 aliphatic heterocycles. The van der Waals surface area contributed by atoms with Crippen LogP contribution in [0.25, 0.3) is 5.57 Å². The van der Waals surface area contributed by atoms with Crippen LogP contribution in [0.4, 0.5) is 11.4 Å². The van der Waals surface area contributed by atoms with Gasteiger partial charge >= 0.3 is 0 Å². The Morgan fingerprint density at radius 2 is 1.91 bits per heavy atom. The Kier molecular flexibility index (Phi) is 7.28. The fraction of sp³-hybridized carbons (Fsp3) is 0.217. The zero-order valence-corrected chi connectivity index (χ0v) is 20.9. The van der Waals surface area contributed by atoms with E-state index in [-0.39, 0.29) is 23.9 Å². The fourth-order valence-electron chi connectivity index (χ4n) is 3.68. The van der Waals surface area contributed by atoms with Gasteiger partial charge in [-0.3, -0.25) is 24.2 Å². The molecule has 2 aromatic rings. The van der Waals surface area contributed by atoms with Gasteiger partial charge in [0.15, 0.2) is 0 Å². The van der Waals surface area contributed by atoms with Crippen molar-refractivity contribution in [2.24, 2.45) is 0 Å². The predicted octanol–water partition coefficient (Wildman–Crippen LogP) is 4.04. The second-order valence-corrected chi connectivity index (χ2v) is 9.90. The first-order valence-corrected chi connectivity index (χ1v) is 12.2. The number of para-hydroxylation sites is 1. The van der Waals surface area contributed by atoms with Gasteiger partial charge in [-0.25, -0.2) is 0 Å². The van der Waals surface area contributed by atoms with Crippen LogP contribution in [0.15, 0.2) is 57.9 Å². The summed E-state index contributed by atoms with van der Waals surface area (Å²) in [5, 5.41) is 2.81. The summed E-state index contributed by atoms with van der Waals surface area (Å²) in [6.07, 6.45) is 0.637. The molecule has 170 valence electrons. The molecule has 1 saturated heterocycles. The number of fused-ring (bicyclic) bond motifs is 1. The highest BCUT2D eigenvalue weighted by Gasteiger charge is 2.42. The second-order valence-electron chi connectivity index (χ2n) is 7.34. The van der Waals surface area contributed by atoms with Crippen LogP contribution in [-0.2, 0) is 19.1 Å². The lowest BCUT2D eigenvalue weighted by atomic mass is 10.1. The summed E-state index contributed by atoms with van der Waals surface area (Å²) < 4.78 is 6.30. The number of rotatable bonds is 7. The highest BCUT2D eigenvalue weighted by atomic mass is 79.9. The molecule has 0 bridgehead atoms. The van der Waals surface area contributed by atoms with Gasteiger partial charge in [0.05, 0.1) is 16.2 Å². The predicted molar refractivity (Wildman–Crippen MR) is 137 cm³/mol. The van der Waals surface area contributed by atoms with Crippen molar-refractivity contribution in [3.05, 3.63) is 63.5 Å². The quantitative estimate of drug-likeness (QED) is 0.321. The van der Waals surface area contributed by atoms with Gasteiger partial charge in [0, 0.05) is 36.0 Å². The molecular formula is C23H20BrN3O4S2. The van der Waals surface area contributed by atoms with E-state index in [1.54, 1.807) is 43.5 Å². The van der Waals surface area contributed by atoms with E-state index in [1.807, 2.05) is 12.1 Å². The Bertz CT molecular complexity index is 1180. The molecule has 0 spiro atoms. The number of benzene rings is 2. The van der Waals surface area contributed by atoms with E-state index in [2.05, 4.69) is 21.2 Å². The normalized spacial score (nSPS) is 17.7. The Morgan fingerprint density at radius 1 is 1.12 bits per heavy atom. The minimum atomic E-state index is -0.391. The van der Waals surface area contributed by atoms with E-state index in [9.17, 15) is 14.4 Å². The maximum atomic E-state index is 13.4. The average molecular weight is 546 g/mol. The van der Waals surface area contributed by atoms with Crippen LogP contribution in [0.3, 0.4) is 0 Å². The number of thioether (sulfide) groups is 1. The molecule has 0 atom stereocenters. The molecule has 2 heterocycles. The van der Waals surface area contributed by atoms with Crippen LogP contribution in [-0.4, -0.2) is 53.7 Å². The summed E-state index contributed by atoms with van der Waals surface area (Å²) in [7, 11) is 1.60. The van der Waals surface area contributed by atoms with Crippen LogP contribution < -0.4 is 10.2 Å². The highest BCUT2D eigenvalue weighted by Crippen LogP contribution is 2.44. The third-order valence-electron chi connectivity index (χ3n) is 5.14. The van der Waals surface area contributed by atoms with Crippen molar-refractivity contribution in [2.75, 3.05) is 37.0 Å². The van der Waals surface area contributed by atoms with Crippen molar-refractivity contribution in [1.82, 2.24) is 4.90 Å². The number of hydrogen-bond donors (Lipinski definition) is 1.